The lowest BCUT2D eigenvalue weighted by atomic mass is 10.1. The standard InChI is InChI=1S/C17H18N2O2S2.C9H10O.C8H9ClN2OS2.C6H8N2S2.C2H2Cl2O/c20-16(19-17(22)18-10-15-2-1-9-23-15)11-21-14-7-5-13(6-8-14)12-3-4-12;10-9-5-3-8(4-6-9)7-1-2-7;9-4-7(12)11-8(13)10-5-6-2-1-3-14-6;7-6(9)8-4-5-2-1-3-10-5;3-1-2(4)5/h1-2,5-9,12H,3-4,10-11H2,(H2,18,19,20,22);3-7,10H,1-2H2;1-3H,4-5H2,(H2,10,11,12,13);1-3H,4H2,(H3,7,8,9);1H2/p-1. The lowest BCUT2D eigenvalue weighted by Gasteiger charge is -2.10. The molecule has 2 fully saturated rings. The highest BCUT2D eigenvalue weighted by Crippen LogP contribution is 2.41. The molecule has 0 unspecified atom stereocenters. The Kier molecular flexibility index (Phi) is 25.6. The molecule has 0 bridgehead atoms. The van der Waals surface area contributed by atoms with Crippen molar-refractivity contribution in [2.45, 2.75) is 57.2 Å². The van der Waals surface area contributed by atoms with E-state index in [1.165, 1.54) is 41.7 Å². The zero-order chi connectivity index (χ0) is 45.1. The molecular weight excluding hydrogens is 967 g/mol. The predicted octanol–water partition coefficient (Wildman–Crippen LogP) is 8.38. The highest BCUT2D eigenvalue weighted by atomic mass is 35.5. The quantitative estimate of drug-likeness (QED) is 0.0379. The number of halogens is 3. The summed E-state index contributed by atoms with van der Waals surface area (Å²) in [5.41, 5.74) is 7.91. The SMILES string of the molecule is NC(=S)NCc1cccs1.O=C(CCl)NC(=S)NCc1cccs1.O=C(COc1ccc(C2CC2)cc1)NC(=S)NCc1cccs1.O=C(Cl)CCl.[O-]c1ccc(C2CC2)cc1. The number of thiocarbonyl (C=S) groups is 3. The van der Waals surface area contributed by atoms with Crippen LogP contribution in [0.1, 0.15) is 63.3 Å². The Morgan fingerprint density at radius 3 is 1.40 bits per heavy atom. The van der Waals surface area contributed by atoms with Gasteiger partial charge in [0.05, 0.1) is 25.5 Å². The van der Waals surface area contributed by atoms with Crippen molar-refractivity contribution in [3.63, 3.8) is 0 Å². The second-order valence-corrected chi connectivity index (χ2v) is 18.3. The van der Waals surface area contributed by atoms with Crippen molar-refractivity contribution in [1.82, 2.24) is 26.6 Å². The fraction of sp³-hybridized carbons (Fsp3) is 0.286. The molecule has 62 heavy (non-hydrogen) atoms. The van der Waals surface area contributed by atoms with E-state index in [0.29, 0.717) is 34.2 Å². The molecule has 7 rings (SSSR count). The summed E-state index contributed by atoms with van der Waals surface area (Å²) in [4.78, 5) is 35.6. The van der Waals surface area contributed by atoms with Crippen molar-refractivity contribution in [3.8, 4) is 11.5 Å². The second kappa shape index (κ2) is 30.2. The van der Waals surface area contributed by atoms with Crippen LogP contribution in [0.15, 0.2) is 101 Å². The van der Waals surface area contributed by atoms with Crippen LogP contribution in [0.4, 0.5) is 0 Å². The maximum absolute atomic E-state index is 11.8. The number of benzene rings is 2. The molecule has 2 amide bonds. The van der Waals surface area contributed by atoms with Crippen LogP contribution in [0.25, 0.3) is 0 Å². The van der Waals surface area contributed by atoms with Crippen molar-refractivity contribution >= 4 is 138 Å². The first-order chi connectivity index (χ1) is 29.8. The van der Waals surface area contributed by atoms with Crippen molar-refractivity contribution in [3.05, 3.63) is 127 Å². The van der Waals surface area contributed by atoms with Crippen molar-refractivity contribution in [1.29, 1.82) is 0 Å². The first-order valence-corrected chi connectivity index (χ1v) is 24.2. The number of ether oxygens (including phenoxy) is 1. The number of carbonyl (C=O) groups excluding carboxylic acids is 3. The van der Waals surface area contributed by atoms with Crippen LogP contribution in [0.5, 0.6) is 11.5 Å². The minimum absolute atomic E-state index is 0.0520. The van der Waals surface area contributed by atoms with Gasteiger partial charge in [-0.15, -0.1) is 63.0 Å². The summed E-state index contributed by atoms with van der Waals surface area (Å²) in [6.07, 6.45) is 5.16. The highest BCUT2D eigenvalue weighted by molar-refractivity contribution is 7.80. The second-order valence-electron chi connectivity index (χ2n) is 13.0. The number of carbonyl (C=O) groups is 3. The number of nitrogens with one attached hydrogen (secondary N) is 5. The lowest BCUT2D eigenvalue weighted by Crippen LogP contribution is -2.41. The molecule has 0 atom stereocenters. The topological polar surface area (TPSA) is 170 Å². The first-order valence-electron chi connectivity index (χ1n) is 18.9. The Balaban J connectivity index is 0.000000225. The largest absolute Gasteiger partial charge is 0.872 e. The maximum Gasteiger partial charge on any atom is 0.264 e. The summed E-state index contributed by atoms with van der Waals surface area (Å²) in [6, 6.07) is 27.1. The smallest absolute Gasteiger partial charge is 0.264 e. The van der Waals surface area contributed by atoms with E-state index in [2.05, 4.69) is 50.9 Å². The molecule has 7 N–H and O–H groups in total. The van der Waals surface area contributed by atoms with Gasteiger partial charge in [0.25, 0.3) is 5.91 Å². The average molecular weight is 1010 g/mol. The number of alkyl halides is 2. The third-order valence-corrected chi connectivity index (χ3v) is 12.0. The highest BCUT2D eigenvalue weighted by Gasteiger charge is 2.23. The number of rotatable bonds is 13. The van der Waals surface area contributed by atoms with Gasteiger partial charge in [-0.1, -0.05) is 54.6 Å². The molecule has 11 nitrogen and oxygen atoms in total. The van der Waals surface area contributed by atoms with E-state index >= 15 is 0 Å². The Hall–Kier alpha value is -3.91. The predicted molar refractivity (Wildman–Crippen MR) is 266 cm³/mol. The van der Waals surface area contributed by atoms with Crippen LogP contribution in [0.2, 0.25) is 0 Å². The van der Waals surface area contributed by atoms with Gasteiger partial charge in [0, 0.05) is 14.6 Å². The van der Waals surface area contributed by atoms with E-state index in [-0.39, 0.29) is 35.9 Å². The van der Waals surface area contributed by atoms with Gasteiger partial charge in [-0.3, -0.25) is 14.4 Å². The van der Waals surface area contributed by atoms with Gasteiger partial charge in [-0.2, -0.15) is 0 Å². The van der Waals surface area contributed by atoms with E-state index in [1.807, 2.05) is 76.8 Å². The lowest BCUT2D eigenvalue weighted by molar-refractivity contribution is -0.268. The minimum Gasteiger partial charge on any atom is -0.872 e. The van der Waals surface area contributed by atoms with Crippen LogP contribution < -0.4 is 42.2 Å². The van der Waals surface area contributed by atoms with E-state index in [1.54, 1.807) is 46.1 Å². The van der Waals surface area contributed by atoms with Gasteiger partial charge in [-0.25, -0.2) is 0 Å². The number of hydrogen-bond acceptors (Lipinski definition) is 11. The maximum atomic E-state index is 11.8. The van der Waals surface area contributed by atoms with Crippen molar-refractivity contribution in [2.75, 3.05) is 18.4 Å². The van der Waals surface area contributed by atoms with E-state index in [4.69, 9.17) is 69.7 Å². The summed E-state index contributed by atoms with van der Waals surface area (Å²) >= 11 is 34.4. The fourth-order valence-corrected chi connectivity index (χ4v) is 7.16. The molecule has 332 valence electrons. The Labute approximate surface area is 405 Å². The molecule has 2 aliphatic carbocycles. The monoisotopic (exact) mass is 1010 g/mol. The molecule has 0 spiro atoms. The molecule has 0 aliphatic heterocycles. The third-order valence-electron chi connectivity index (χ3n) is 7.98. The van der Waals surface area contributed by atoms with Gasteiger partial charge < -0.3 is 42.2 Å². The Morgan fingerprint density at radius 2 is 1.05 bits per heavy atom. The minimum atomic E-state index is -0.508. The third kappa shape index (κ3) is 24.7. The van der Waals surface area contributed by atoms with Gasteiger partial charge in [-0.05, 0) is 143 Å². The molecule has 3 aromatic heterocycles. The zero-order valence-corrected chi connectivity index (χ0v) is 40.4. The summed E-state index contributed by atoms with van der Waals surface area (Å²) in [5, 5.41) is 31.0. The summed E-state index contributed by atoms with van der Waals surface area (Å²) in [6.45, 7) is 1.93. The van der Waals surface area contributed by atoms with Crippen LogP contribution >= 0.6 is 105 Å². The summed E-state index contributed by atoms with van der Waals surface area (Å²) in [5.74, 6) is 1.56. The van der Waals surface area contributed by atoms with Crippen LogP contribution in [0, 0.1) is 0 Å². The molecule has 2 aliphatic rings. The normalized spacial score (nSPS) is 12.0. The Bertz CT molecular complexity index is 2090. The molecule has 20 heteroatoms. The van der Waals surface area contributed by atoms with Crippen molar-refractivity contribution < 1.29 is 24.2 Å². The number of thiophene rings is 3. The number of nitrogens with two attached hydrogens (primary N) is 1. The van der Waals surface area contributed by atoms with Gasteiger partial charge in [0.15, 0.2) is 21.9 Å². The zero-order valence-electron chi connectivity index (χ0n) is 33.2. The number of hydrogen-bond donors (Lipinski definition) is 6. The van der Waals surface area contributed by atoms with E-state index < -0.39 is 5.24 Å². The van der Waals surface area contributed by atoms with E-state index in [9.17, 15) is 19.5 Å². The molecule has 3 heterocycles. The van der Waals surface area contributed by atoms with Crippen LogP contribution in [0.3, 0.4) is 0 Å². The van der Waals surface area contributed by atoms with Gasteiger partial charge in [0.1, 0.15) is 11.6 Å². The van der Waals surface area contributed by atoms with Gasteiger partial charge in [0.2, 0.25) is 11.1 Å². The average Bonchev–Trinajstić information content (AvgIpc) is 4.10. The molecule has 0 saturated heterocycles. The Morgan fingerprint density at radius 1 is 0.645 bits per heavy atom. The first kappa shape index (κ1) is 52.4. The molecular formula is C42H46Cl3N6O5S6-. The van der Waals surface area contributed by atoms with Gasteiger partial charge >= 0.3 is 0 Å². The summed E-state index contributed by atoms with van der Waals surface area (Å²) < 4.78 is 5.48. The molecule has 0 radical (unpaired) electrons. The number of amides is 2. The molecule has 2 aromatic carbocycles. The molecule has 2 saturated carbocycles. The van der Waals surface area contributed by atoms with Crippen molar-refractivity contribution in [2.24, 2.45) is 5.73 Å². The summed E-state index contributed by atoms with van der Waals surface area (Å²) in [7, 11) is 0. The van der Waals surface area contributed by atoms with Crippen LogP contribution in [-0.2, 0) is 34.0 Å². The van der Waals surface area contributed by atoms with E-state index in [0.717, 1.165) is 28.1 Å². The molecule has 5 aromatic rings. The fourth-order valence-electron chi connectivity index (χ4n) is 4.72. The van der Waals surface area contributed by atoms with Crippen LogP contribution in [-0.4, -0.2) is 50.8 Å².